The lowest BCUT2D eigenvalue weighted by Gasteiger charge is -2.25. The van der Waals surface area contributed by atoms with Gasteiger partial charge >= 0.3 is 0 Å². The molecule has 1 atom stereocenters. The van der Waals surface area contributed by atoms with Gasteiger partial charge in [-0.3, -0.25) is 9.59 Å². The summed E-state index contributed by atoms with van der Waals surface area (Å²) in [6, 6.07) is 16.4. The Bertz CT molecular complexity index is 733. The summed E-state index contributed by atoms with van der Waals surface area (Å²) < 4.78 is 0. The van der Waals surface area contributed by atoms with Crippen LogP contribution in [0.2, 0.25) is 5.02 Å². The van der Waals surface area contributed by atoms with E-state index < -0.39 is 0 Å². The molecule has 1 aliphatic rings. The average molecular weight is 343 g/mol. The Kier molecular flexibility index (Phi) is 5.16. The minimum atomic E-state index is -0.267. The van der Waals surface area contributed by atoms with Gasteiger partial charge in [-0.25, -0.2) is 0 Å². The van der Waals surface area contributed by atoms with Gasteiger partial charge in [-0.1, -0.05) is 54.1 Å². The lowest BCUT2D eigenvalue weighted by Crippen LogP contribution is -2.38. The number of carbonyl (C=O) groups excluding carboxylic acids is 2. The van der Waals surface area contributed by atoms with Gasteiger partial charge in [-0.15, -0.1) is 0 Å². The first-order valence-corrected chi connectivity index (χ1v) is 8.41. The SMILES string of the molecule is O=C(N[C@@H](CN1CCCC1=O)c1ccccc1)c1ccccc1Cl. The fourth-order valence-electron chi connectivity index (χ4n) is 2.92. The van der Waals surface area contributed by atoms with Gasteiger partial charge in [0.1, 0.15) is 0 Å². The molecule has 0 aromatic heterocycles. The summed E-state index contributed by atoms with van der Waals surface area (Å²) in [6.07, 6.45) is 1.46. The number of rotatable bonds is 5. The fourth-order valence-corrected chi connectivity index (χ4v) is 3.14. The fraction of sp³-hybridized carbons (Fsp3) is 0.263. The molecule has 0 radical (unpaired) electrons. The maximum absolute atomic E-state index is 12.6. The van der Waals surface area contributed by atoms with Crippen molar-refractivity contribution in [2.75, 3.05) is 13.1 Å². The molecule has 1 saturated heterocycles. The second kappa shape index (κ2) is 7.49. The van der Waals surface area contributed by atoms with Crippen molar-refractivity contribution in [2.24, 2.45) is 0 Å². The van der Waals surface area contributed by atoms with E-state index in [4.69, 9.17) is 11.6 Å². The van der Waals surface area contributed by atoms with E-state index in [-0.39, 0.29) is 17.9 Å². The molecule has 0 bridgehead atoms. The highest BCUT2D eigenvalue weighted by Crippen LogP contribution is 2.21. The molecule has 1 heterocycles. The lowest BCUT2D eigenvalue weighted by molar-refractivity contribution is -0.128. The number of nitrogens with one attached hydrogen (secondary N) is 1. The Balaban J connectivity index is 1.81. The molecule has 24 heavy (non-hydrogen) atoms. The molecule has 124 valence electrons. The Morgan fingerprint density at radius 1 is 1.12 bits per heavy atom. The van der Waals surface area contributed by atoms with Crippen molar-refractivity contribution in [1.29, 1.82) is 0 Å². The Morgan fingerprint density at radius 2 is 1.83 bits per heavy atom. The van der Waals surface area contributed by atoms with Crippen LogP contribution >= 0.6 is 11.6 Å². The van der Waals surface area contributed by atoms with E-state index in [0.29, 0.717) is 23.6 Å². The van der Waals surface area contributed by atoms with Crippen LogP contribution in [-0.4, -0.2) is 29.8 Å². The third-order valence-corrected chi connectivity index (χ3v) is 4.53. The second-order valence-electron chi connectivity index (χ2n) is 5.86. The predicted molar refractivity (Wildman–Crippen MR) is 93.9 cm³/mol. The van der Waals surface area contributed by atoms with Gasteiger partial charge in [0.15, 0.2) is 0 Å². The summed E-state index contributed by atoms with van der Waals surface area (Å²) in [5, 5.41) is 3.44. The van der Waals surface area contributed by atoms with Gasteiger partial charge in [0.05, 0.1) is 16.6 Å². The highest BCUT2D eigenvalue weighted by Gasteiger charge is 2.25. The highest BCUT2D eigenvalue weighted by molar-refractivity contribution is 6.33. The van der Waals surface area contributed by atoms with Crippen molar-refractivity contribution in [3.8, 4) is 0 Å². The zero-order valence-electron chi connectivity index (χ0n) is 13.2. The van der Waals surface area contributed by atoms with Crippen molar-refractivity contribution in [1.82, 2.24) is 10.2 Å². The Labute approximate surface area is 146 Å². The summed E-state index contributed by atoms with van der Waals surface area (Å²) in [5.74, 6) is -0.0935. The quantitative estimate of drug-likeness (QED) is 0.905. The van der Waals surface area contributed by atoms with Crippen LogP contribution in [0.15, 0.2) is 54.6 Å². The van der Waals surface area contributed by atoms with Crippen LogP contribution in [0.1, 0.15) is 34.8 Å². The van der Waals surface area contributed by atoms with E-state index in [1.165, 1.54) is 0 Å². The molecular weight excluding hydrogens is 324 g/mol. The van der Waals surface area contributed by atoms with Crippen molar-refractivity contribution >= 4 is 23.4 Å². The van der Waals surface area contributed by atoms with Crippen molar-refractivity contribution in [3.05, 3.63) is 70.7 Å². The first kappa shape index (κ1) is 16.5. The largest absolute Gasteiger partial charge is 0.343 e. The van der Waals surface area contributed by atoms with Crippen LogP contribution in [0.4, 0.5) is 0 Å². The van der Waals surface area contributed by atoms with Gasteiger partial charge in [-0.2, -0.15) is 0 Å². The molecule has 0 unspecified atom stereocenters. The van der Waals surface area contributed by atoms with E-state index in [2.05, 4.69) is 5.32 Å². The molecule has 0 saturated carbocycles. The zero-order valence-corrected chi connectivity index (χ0v) is 14.0. The van der Waals surface area contributed by atoms with Crippen LogP contribution in [0.25, 0.3) is 0 Å². The van der Waals surface area contributed by atoms with Gasteiger partial charge in [-0.05, 0) is 24.1 Å². The molecule has 0 spiro atoms. The number of nitrogens with zero attached hydrogens (tertiary/aromatic N) is 1. The summed E-state index contributed by atoms with van der Waals surface area (Å²) in [5.41, 5.74) is 1.41. The number of hydrogen-bond donors (Lipinski definition) is 1. The predicted octanol–water partition coefficient (Wildman–Crippen LogP) is 3.43. The van der Waals surface area contributed by atoms with E-state index >= 15 is 0 Å². The number of carbonyl (C=O) groups is 2. The summed E-state index contributed by atoms with van der Waals surface area (Å²) in [7, 11) is 0. The zero-order chi connectivity index (χ0) is 16.9. The normalized spacial score (nSPS) is 15.4. The minimum absolute atomic E-state index is 0.142. The smallest absolute Gasteiger partial charge is 0.253 e. The van der Waals surface area contributed by atoms with E-state index in [1.54, 1.807) is 24.3 Å². The van der Waals surface area contributed by atoms with Gasteiger partial charge in [0, 0.05) is 19.5 Å². The molecule has 0 aliphatic carbocycles. The van der Waals surface area contributed by atoms with E-state index in [0.717, 1.165) is 18.5 Å². The number of likely N-dealkylation sites (tertiary alicyclic amines) is 1. The number of hydrogen-bond acceptors (Lipinski definition) is 2. The maximum Gasteiger partial charge on any atom is 0.253 e. The van der Waals surface area contributed by atoms with Gasteiger partial charge in [0.2, 0.25) is 5.91 Å². The molecule has 1 aliphatic heterocycles. The van der Waals surface area contributed by atoms with Crippen molar-refractivity contribution in [3.63, 3.8) is 0 Å². The highest BCUT2D eigenvalue weighted by atomic mass is 35.5. The topological polar surface area (TPSA) is 49.4 Å². The van der Waals surface area contributed by atoms with Crippen LogP contribution in [0.5, 0.6) is 0 Å². The van der Waals surface area contributed by atoms with Gasteiger partial charge < -0.3 is 10.2 Å². The van der Waals surface area contributed by atoms with Crippen LogP contribution in [0.3, 0.4) is 0 Å². The monoisotopic (exact) mass is 342 g/mol. The Hall–Kier alpha value is -2.33. The molecule has 3 rings (SSSR count). The number of amides is 2. The molecule has 1 fully saturated rings. The number of benzene rings is 2. The van der Waals surface area contributed by atoms with E-state index in [1.807, 2.05) is 35.2 Å². The summed E-state index contributed by atoms with van der Waals surface area (Å²) in [4.78, 5) is 26.4. The molecule has 2 amide bonds. The molecule has 1 N–H and O–H groups in total. The Morgan fingerprint density at radius 3 is 2.50 bits per heavy atom. The first-order valence-electron chi connectivity index (χ1n) is 8.03. The minimum Gasteiger partial charge on any atom is -0.343 e. The average Bonchev–Trinajstić information content (AvgIpc) is 3.00. The first-order chi connectivity index (χ1) is 11.6. The van der Waals surface area contributed by atoms with Crippen LogP contribution in [0, 0.1) is 0 Å². The molecule has 4 nitrogen and oxygen atoms in total. The standard InChI is InChI=1S/C19H19ClN2O2/c20-16-10-5-4-9-15(16)19(24)21-17(14-7-2-1-3-8-14)13-22-12-6-11-18(22)23/h1-5,7-10,17H,6,11-13H2,(H,21,24)/t17-/m0/s1. The molecular formula is C19H19ClN2O2. The second-order valence-corrected chi connectivity index (χ2v) is 6.27. The van der Waals surface area contributed by atoms with Crippen LogP contribution < -0.4 is 5.32 Å². The summed E-state index contributed by atoms with van der Waals surface area (Å²) >= 11 is 6.12. The van der Waals surface area contributed by atoms with Crippen molar-refractivity contribution in [2.45, 2.75) is 18.9 Å². The van der Waals surface area contributed by atoms with Gasteiger partial charge in [0.25, 0.3) is 5.91 Å². The van der Waals surface area contributed by atoms with Crippen LogP contribution in [-0.2, 0) is 4.79 Å². The maximum atomic E-state index is 12.6. The number of halogens is 1. The summed E-state index contributed by atoms with van der Waals surface area (Å²) in [6.45, 7) is 1.21. The third kappa shape index (κ3) is 3.77. The lowest BCUT2D eigenvalue weighted by atomic mass is 10.1. The third-order valence-electron chi connectivity index (χ3n) is 4.20. The van der Waals surface area contributed by atoms with E-state index in [9.17, 15) is 9.59 Å². The molecule has 5 heteroatoms. The molecule has 2 aromatic carbocycles. The molecule has 2 aromatic rings. The van der Waals surface area contributed by atoms with Crippen molar-refractivity contribution < 1.29 is 9.59 Å².